The third kappa shape index (κ3) is 5.09. The molecule has 1 saturated heterocycles. The quantitative estimate of drug-likeness (QED) is 0.623. The van der Waals surface area contributed by atoms with Gasteiger partial charge in [0.25, 0.3) is 0 Å². The lowest BCUT2D eigenvalue weighted by atomic mass is 10.1. The molecule has 0 radical (unpaired) electrons. The van der Waals surface area contributed by atoms with Gasteiger partial charge in [-0.1, -0.05) is 42.8 Å². The number of piperazine rings is 1. The van der Waals surface area contributed by atoms with E-state index in [0.717, 1.165) is 46.7 Å². The van der Waals surface area contributed by atoms with Gasteiger partial charge in [-0.3, -0.25) is 0 Å². The molecule has 1 aliphatic rings. The van der Waals surface area contributed by atoms with Gasteiger partial charge in [0.05, 0.1) is 0 Å². The van der Waals surface area contributed by atoms with Crippen LogP contribution in [0.3, 0.4) is 0 Å². The lowest BCUT2D eigenvalue weighted by molar-refractivity contribution is 0.208. The summed E-state index contributed by atoms with van der Waals surface area (Å²) in [5, 5.41) is 4.63. The van der Waals surface area contributed by atoms with Crippen LogP contribution in [-0.2, 0) is 12.8 Å². The molecule has 1 aliphatic heterocycles. The first-order valence-electron chi connectivity index (χ1n) is 10.1. The van der Waals surface area contributed by atoms with E-state index in [1.54, 1.807) is 0 Å². The third-order valence-electron chi connectivity index (χ3n) is 5.18. The highest BCUT2D eigenvalue weighted by atomic mass is 35.5. The molecule has 1 aromatic heterocycles. The number of urea groups is 1. The van der Waals surface area contributed by atoms with Crippen LogP contribution in [0.25, 0.3) is 0 Å². The van der Waals surface area contributed by atoms with E-state index in [1.165, 1.54) is 17.1 Å². The van der Waals surface area contributed by atoms with Crippen molar-refractivity contribution >= 4 is 40.0 Å². The molecule has 0 atom stereocenters. The summed E-state index contributed by atoms with van der Waals surface area (Å²) in [5.74, 6) is 0.813. The summed E-state index contributed by atoms with van der Waals surface area (Å²) in [4.78, 5) is 21.3. The van der Waals surface area contributed by atoms with Gasteiger partial charge in [0.1, 0.15) is 5.82 Å². The Hall–Kier alpha value is -2.64. The van der Waals surface area contributed by atoms with Crippen LogP contribution in [0, 0.1) is 0 Å². The topological polar surface area (TPSA) is 61.4 Å². The third-order valence-corrected chi connectivity index (χ3v) is 6.25. The van der Waals surface area contributed by atoms with E-state index in [1.807, 2.05) is 53.4 Å². The lowest BCUT2D eigenvalue weighted by Gasteiger charge is -2.34. The number of benzene rings is 2. The van der Waals surface area contributed by atoms with Crippen molar-refractivity contribution < 1.29 is 4.79 Å². The van der Waals surface area contributed by atoms with Crippen LogP contribution in [0.5, 0.6) is 0 Å². The fourth-order valence-electron chi connectivity index (χ4n) is 3.36. The SMILES string of the molecule is CCc1ccc(NC(=O)N2CCN(c3nc(Cc4ccc(Cl)cc4)ns3)CC2)cc1. The zero-order valence-corrected chi connectivity index (χ0v) is 18.4. The van der Waals surface area contributed by atoms with Crippen LogP contribution >= 0.6 is 23.1 Å². The number of halogens is 1. The van der Waals surface area contributed by atoms with Crippen LogP contribution in [-0.4, -0.2) is 46.5 Å². The molecule has 8 heteroatoms. The number of rotatable bonds is 5. The number of nitrogens with one attached hydrogen (secondary N) is 1. The Morgan fingerprint density at radius 3 is 2.37 bits per heavy atom. The molecule has 2 aromatic carbocycles. The van der Waals surface area contributed by atoms with Gasteiger partial charge in [-0.15, -0.1) is 0 Å². The molecule has 0 bridgehead atoms. The molecule has 1 N–H and O–H groups in total. The van der Waals surface area contributed by atoms with Crippen molar-refractivity contribution in [3.05, 3.63) is 70.5 Å². The molecule has 0 saturated carbocycles. The summed E-state index contributed by atoms with van der Waals surface area (Å²) in [6.07, 6.45) is 1.68. The van der Waals surface area contributed by atoms with Crippen LogP contribution in [0.15, 0.2) is 48.5 Å². The molecule has 30 heavy (non-hydrogen) atoms. The number of hydrogen-bond acceptors (Lipinski definition) is 5. The maximum atomic E-state index is 12.6. The number of nitrogens with zero attached hydrogens (tertiary/aromatic N) is 4. The van der Waals surface area contributed by atoms with Gasteiger partial charge in [-0.2, -0.15) is 4.37 Å². The van der Waals surface area contributed by atoms with Crippen molar-refractivity contribution in [3.63, 3.8) is 0 Å². The molecule has 1 fully saturated rings. The van der Waals surface area contributed by atoms with Crippen molar-refractivity contribution in [2.45, 2.75) is 19.8 Å². The van der Waals surface area contributed by atoms with Gasteiger partial charge in [0.2, 0.25) is 5.13 Å². The van der Waals surface area contributed by atoms with Crippen molar-refractivity contribution in [1.29, 1.82) is 0 Å². The minimum atomic E-state index is -0.0559. The number of amides is 2. The summed E-state index contributed by atoms with van der Waals surface area (Å²) < 4.78 is 4.50. The second-order valence-corrected chi connectivity index (χ2v) is 8.42. The van der Waals surface area contributed by atoms with E-state index in [2.05, 4.69) is 26.5 Å². The zero-order chi connectivity index (χ0) is 20.9. The van der Waals surface area contributed by atoms with E-state index in [9.17, 15) is 4.79 Å². The molecule has 2 heterocycles. The Labute approximate surface area is 185 Å². The van der Waals surface area contributed by atoms with Crippen LogP contribution in [0.1, 0.15) is 23.9 Å². The Balaban J connectivity index is 1.29. The first-order chi connectivity index (χ1) is 14.6. The van der Waals surface area contributed by atoms with E-state index in [-0.39, 0.29) is 6.03 Å². The number of aromatic nitrogens is 2. The van der Waals surface area contributed by atoms with Gasteiger partial charge in [-0.25, -0.2) is 9.78 Å². The minimum absolute atomic E-state index is 0.0559. The molecular weight excluding hydrogens is 418 g/mol. The summed E-state index contributed by atoms with van der Waals surface area (Å²) >= 11 is 7.36. The number of anilines is 2. The van der Waals surface area contributed by atoms with Gasteiger partial charge < -0.3 is 15.1 Å². The fourth-order valence-corrected chi connectivity index (χ4v) is 4.22. The van der Waals surface area contributed by atoms with Crippen molar-refractivity contribution in [2.75, 3.05) is 36.4 Å². The van der Waals surface area contributed by atoms with Crippen molar-refractivity contribution in [3.8, 4) is 0 Å². The Kier molecular flexibility index (Phi) is 6.50. The molecule has 2 amide bonds. The van der Waals surface area contributed by atoms with Crippen LogP contribution < -0.4 is 10.2 Å². The number of aryl methyl sites for hydroxylation is 1. The predicted octanol–water partition coefficient (Wildman–Crippen LogP) is 4.70. The van der Waals surface area contributed by atoms with Crippen molar-refractivity contribution in [2.24, 2.45) is 0 Å². The Bertz CT molecular complexity index is 982. The first kappa shape index (κ1) is 20.6. The molecule has 156 valence electrons. The zero-order valence-electron chi connectivity index (χ0n) is 16.8. The van der Waals surface area contributed by atoms with Crippen LogP contribution in [0.2, 0.25) is 5.02 Å². The summed E-state index contributed by atoms with van der Waals surface area (Å²) in [5.41, 5.74) is 3.22. The normalized spacial score (nSPS) is 14.1. The van der Waals surface area contributed by atoms with Crippen LogP contribution in [0.4, 0.5) is 15.6 Å². The summed E-state index contributed by atoms with van der Waals surface area (Å²) in [6.45, 7) is 4.93. The first-order valence-corrected chi connectivity index (χ1v) is 11.2. The molecule has 0 unspecified atom stereocenters. The molecule has 0 aliphatic carbocycles. The second kappa shape index (κ2) is 9.45. The lowest BCUT2D eigenvalue weighted by Crippen LogP contribution is -2.50. The maximum Gasteiger partial charge on any atom is 0.321 e. The second-order valence-electron chi connectivity index (χ2n) is 7.25. The van der Waals surface area contributed by atoms with E-state index >= 15 is 0 Å². The average molecular weight is 442 g/mol. The van der Waals surface area contributed by atoms with E-state index in [0.29, 0.717) is 19.5 Å². The van der Waals surface area contributed by atoms with E-state index < -0.39 is 0 Å². The Morgan fingerprint density at radius 1 is 1.03 bits per heavy atom. The molecular formula is C22H24ClN5OS. The van der Waals surface area contributed by atoms with Gasteiger partial charge >= 0.3 is 6.03 Å². The molecule has 4 rings (SSSR count). The summed E-state index contributed by atoms with van der Waals surface area (Å²) in [6, 6.07) is 15.7. The molecule has 6 nitrogen and oxygen atoms in total. The van der Waals surface area contributed by atoms with Crippen molar-refractivity contribution in [1.82, 2.24) is 14.3 Å². The Morgan fingerprint density at radius 2 is 1.70 bits per heavy atom. The standard InChI is InChI=1S/C22H24ClN5OS/c1-2-16-5-9-19(10-6-16)24-21(29)27-11-13-28(14-12-27)22-25-20(26-30-22)15-17-3-7-18(23)8-4-17/h3-10H,2,11-15H2,1H3,(H,24,29). The fraction of sp³-hybridized carbons (Fsp3) is 0.318. The minimum Gasteiger partial charge on any atom is -0.343 e. The highest BCUT2D eigenvalue weighted by Gasteiger charge is 2.23. The number of carbonyl (C=O) groups excluding carboxylic acids is 1. The number of carbonyl (C=O) groups is 1. The molecule has 0 spiro atoms. The molecule has 3 aromatic rings. The largest absolute Gasteiger partial charge is 0.343 e. The highest BCUT2D eigenvalue weighted by Crippen LogP contribution is 2.21. The van der Waals surface area contributed by atoms with Gasteiger partial charge in [-0.05, 0) is 41.8 Å². The van der Waals surface area contributed by atoms with Gasteiger partial charge in [0, 0.05) is 54.8 Å². The summed E-state index contributed by atoms with van der Waals surface area (Å²) in [7, 11) is 0. The highest BCUT2D eigenvalue weighted by molar-refractivity contribution is 7.09. The maximum absolute atomic E-state index is 12.6. The van der Waals surface area contributed by atoms with Gasteiger partial charge in [0.15, 0.2) is 0 Å². The van der Waals surface area contributed by atoms with E-state index in [4.69, 9.17) is 11.6 Å². The smallest absolute Gasteiger partial charge is 0.321 e. The predicted molar refractivity (Wildman–Crippen MR) is 123 cm³/mol. The number of hydrogen-bond donors (Lipinski definition) is 1. The average Bonchev–Trinajstić information content (AvgIpc) is 3.24. The monoisotopic (exact) mass is 441 g/mol.